The van der Waals surface area contributed by atoms with E-state index in [0.29, 0.717) is 0 Å². The number of aliphatic hydroxyl groups is 2. The fourth-order valence-corrected chi connectivity index (χ4v) is 2.55. The summed E-state index contributed by atoms with van der Waals surface area (Å²) < 4.78 is 53.3. The SMILES string of the molecule is OC1CC(O)(C(F)(F)F)c2c(n[nH]c2-c2cccc(F)c2)N1. The van der Waals surface area contributed by atoms with Crippen LogP contribution >= 0.6 is 0 Å². The smallest absolute Gasteiger partial charge is 0.376 e. The first-order valence-corrected chi connectivity index (χ1v) is 6.31. The number of aliphatic hydroxyl groups excluding tert-OH is 1. The molecule has 0 spiro atoms. The Morgan fingerprint density at radius 1 is 1.32 bits per heavy atom. The van der Waals surface area contributed by atoms with Crippen molar-refractivity contribution in [2.75, 3.05) is 5.32 Å². The van der Waals surface area contributed by atoms with Crippen LogP contribution in [0.4, 0.5) is 23.4 Å². The normalized spacial score (nSPS) is 24.7. The molecule has 1 aromatic carbocycles. The quantitative estimate of drug-likeness (QED) is 0.607. The van der Waals surface area contributed by atoms with Gasteiger partial charge in [0.25, 0.3) is 0 Å². The first-order chi connectivity index (χ1) is 10.2. The van der Waals surface area contributed by atoms with Crippen molar-refractivity contribution < 1.29 is 27.8 Å². The topological polar surface area (TPSA) is 81.2 Å². The molecule has 1 aliphatic heterocycles. The van der Waals surface area contributed by atoms with Crippen LogP contribution in [0.5, 0.6) is 0 Å². The molecule has 2 aromatic rings. The van der Waals surface area contributed by atoms with Gasteiger partial charge in [0.2, 0.25) is 0 Å². The molecule has 0 radical (unpaired) electrons. The predicted octanol–water partition coefficient (Wildman–Crippen LogP) is 2.10. The Bertz CT molecular complexity index is 716. The molecular formula is C13H11F4N3O2. The molecule has 22 heavy (non-hydrogen) atoms. The maximum atomic E-state index is 13.3. The van der Waals surface area contributed by atoms with Gasteiger partial charge >= 0.3 is 6.18 Å². The van der Waals surface area contributed by atoms with Crippen LogP contribution in [0.3, 0.4) is 0 Å². The Balaban J connectivity index is 2.22. The molecule has 2 unspecified atom stereocenters. The van der Waals surface area contributed by atoms with Crippen LogP contribution in [0.15, 0.2) is 24.3 Å². The highest BCUT2D eigenvalue weighted by Crippen LogP contribution is 2.50. The van der Waals surface area contributed by atoms with E-state index in [2.05, 4.69) is 15.5 Å². The Hall–Kier alpha value is -2.13. The van der Waals surface area contributed by atoms with E-state index in [9.17, 15) is 27.8 Å². The fourth-order valence-electron chi connectivity index (χ4n) is 2.55. The second kappa shape index (κ2) is 4.68. The average Bonchev–Trinajstić information content (AvgIpc) is 2.81. The van der Waals surface area contributed by atoms with Crippen molar-refractivity contribution in [2.24, 2.45) is 0 Å². The van der Waals surface area contributed by atoms with Crippen molar-refractivity contribution in [3.8, 4) is 11.3 Å². The molecule has 0 saturated heterocycles. The van der Waals surface area contributed by atoms with Gasteiger partial charge in [-0.1, -0.05) is 12.1 Å². The number of halogens is 4. The lowest BCUT2D eigenvalue weighted by Gasteiger charge is -2.37. The molecule has 9 heteroatoms. The second-order valence-electron chi connectivity index (χ2n) is 5.05. The molecule has 118 valence electrons. The lowest BCUT2D eigenvalue weighted by Crippen LogP contribution is -2.49. The number of hydrogen-bond donors (Lipinski definition) is 4. The van der Waals surface area contributed by atoms with Crippen LogP contribution in [0.2, 0.25) is 0 Å². The van der Waals surface area contributed by atoms with Crippen LogP contribution in [0.1, 0.15) is 12.0 Å². The summed E-state index contributed by atoms with van der Waals surface area (Å²) in [5, 5.41) is 28.0. The van der Waals surface area contributed by atoms with Crippen LogP contribution < -0.4 is 5.32 Å². The van der Waals surface area contributed by atoms with Crippen LogP contribution in [0, 0.1) is 5.82 Å². The van der Waals surface area contributed by atoms with Gasteiger partial charge in [0.05, 0.1) is 11.3 Å². The van der Waals surface area contributed by atoms with Gasteiger partial charge < -0.3 is 15.5 Å². The number of fused-ring (bicyclic) bond motifs is 1. The first-order valence-electron chi connectivity index (χ1n) is 6.31. The van der Waals surface area contributed by atoms with Gasteiger partial charge in [-0.2, -0.15) is 18.3 Å². The second-order valence-corrected chi connectivity index (χ2v) is 5.05. The molecule has 0 saturated carbocycles. The largest absolute Gasteiger partial charge is 0.421 e. The van der Waals surface area contributed by atoms with E-state index >= 15 is 0 Å². The monoisotopic (exact) mass is 317 g/mol. The summed E-state index contributed by atoms with van der Waals surface area (Å²) in [5.74, 6) is -0.960. The van der Waals surface area contributed by atoms with Crippen LogP contribution in [-0.4, -0.2) is 32.8 Å². The number of rotatable bonds is 1. The van der Waals surface area contributed by atoms with Crippen molar-refractivity contribution in [3.05, 3.63) is 35.6 Å². The van der Waals surface area contributed by atoms with Gasteiger partial charge in [-0.3, -0.25) is 5.10 Å². The summed E-state index contributed by atoms with van der Waals surface area (Å²) >= 11 is 0. The Kier molecular flexibility index (Phi) is 3.15. The molecule has 5 nitrogen and oxygen atoms in total. The van der Waals surface area contributed by atoms with Crippen molar-refractivity contribution in [2.45, 2.75) is 24.4 Å². The van der Waals surface area contributed by atoms with Gasteiger partial charge in [-0.05, 0) is 12.1 Å². The zero-order chi connectivity index (χ0) is 16.1. The van der Waals surface area contributed by atoms with Crippen LogP contribution in [-0.2, 0) is 5.60 Å². The molecule has 0 fully saturated rings. The summed E-state index contributed by atoms with van der Waals surface area (Å²) in [4.78, 5) is 0. The standard InChI is InChI=1S/C13H11F4N3O2/c14-7-3-1-2-6(4-7)10-9-11(20-19-10)18-8(21)5-12(9,22)13(15,16)17/h1-4,8,21-22H,5H2,(H2,18,19,20). The molecule has 0 bridgehead atoms. The summed E-state index contributed by atoms with van der Waals surface area (Å²) in [6.07, 6.45) is -7.63. The van der Waals surface area contributed by atoms with Crippen LogP contribution in [0.25, 0.3) is 11.3 Å². The first kappa shape index (κ1) is 14.8. The van der Waals surface area contributed by atoms with E-state index < -0.39 is 35.8 Å². The number of H-pyrrole nitrogens is 1. The van der Waals surface area contributed by atoms with E-state index in [4.69, 9.17) is 0 Å². The third-order valence-electron chi connectivity index (χ3n) is 3.55. The molecule has 1 aromatic heterocycles. The minimum atomic E-state index is -5.03. The molecular weight excluding hydrogens is 306 g/mol. The van der Waals surface area contributed by atoms with E-state index in [-0.39, 0.29) is 17.1 Å². The highest BCUT2D eigenvalue weighted by Gasteiger charge is 2.60. The molecule has 1 aliphatic rings. The zero-order valence-corrected chi connectivity index (χ0v) is 10.9. The zero-order valence-electron chi connectivity index (χ0n) is 10.9. The third-order valence-corrected chi connectivity index (χ3v) is 3.55. The van der Waals surface area contributed by atoms with Crippen molar-refractivity contribution in [1.29, 1.82) is 0 Å². The molecule has 2 heterocycles. The molecule has 0 amide bonds. The van der Waals surface area contributed by atoms with E-state index in [1.165, 1.54) is 12.1 Å². The number of hydrogen-bond acceptors (Lipinski definition) is 4. The van der Waals surface area contributed by atoms with Gasteiger partial charge in [-0.25, -0.2) is 4.39 Å². The van der Waals surface area contributed by atoms with Gasteiger partial charge in [-0.15, -0.1) is 0 Å². The number of aromatic nitrogens is 2. The summed E-state index contributed by atoms with van der Waals surface area (Å²) in [7, 11) is 0. The molecule has 0 aliphatic carbocycles. The Morgan fingerprint density at radius 2 is 2.05 bits per heavy atom. The van der Waals surface area contributed by atoms with Crippen molar-refractivity contribution >= 4 is 5.82 Å². The summed E-state index contributed by atoms with van der Waals surface area (Å²) in [5.41, 5.74) is -3.90. The van der Waals surface area contributed by atoms with Crippen molar-refractivity contribution in [1.82, 2.24) is 10.2 Å². The number of benzene rings is 1. The number of nitrogens with zero attached hydrogens (tertiary/aromatic N) is 1. The average molecular weight is 317 g/mol. The summed E-state index contributed by atoms with van der Waals surface area (Å²) in [6.45, 7) is 0. The number of aromatic amines is 1. The van der Waals surface area contributed by atoms with Crippen molar-refractivity contribution in [3.63, 3.8) is 0 Å². The lowest BCUT2D eigenvalue weighted by molar-refractivity contribution is -0.275. The lowest BCUT2D eigenvalue weighted by atomic mass is 9.84. The Morgan fingerprint density at radius 3 is 2.68 bits per heavy atom. The number of alkyl halides is 3. The minimum absolute atomic E-state index is 0.106. The molecule has 3 rings (SSSR count). The van der Waals surface area contributed by atoms with E-state index in [1.807, 2.05) is 0 Å². The summed E-state index contributed by atoms with van der Waals surface area (Å²) in [6, 6.07) is 4.88. The fraction of sp³-hybridized carbons (Fsp3) is 0.308. The number of anilines is 1. The van der Waals surface area contributed by atoms with Gasteiger partial charge in [0, 0.05) is 12.0 Å². The van der Waals surface area contributed by atoms with Gasteiger partial charge in [0.15, 0.2) is 11.4 Å². The third kappa shape index (κ3) is 2.13. The highest BCUT2D eigenvalue weighted by molar-refractivity contribution is 5.72. The maximum Gasteiger partial charge on any atom is 0.421 e. The predicted molar refractivity (Wildman–Crippen MR) is 68.2 cm³/mol. The maximum absolute atomic E-state index is 13.3. The molecule has 4 N–H and O–H groups in total. The van der Waals surface area contributed by atoms with E-state index in [0.717, 1.165) is 12.1 Å². The van der Waals surface area contributed by atoms with E-state index in [1.54, 1.807) is 0 Å². The molecule has 2 atom stereocenters. The number of nitrogens with one attached hydrogen (secondary N) is 2. The minimum Gasteiger partial charge on any atom is -0.376 e. The highest BCUT2D eigenvalue weighted by atomic mass is 19.4. The van der Waals surface area contributed by atoms with Gasteiger partial charge in [0.1, 0.15) is 12.0 Å². The Labute approximate surface area is 121 Å².